The van der Waals surface area contributed by atoms with Crippen LogP contribution in [0.5, 0.6) is 11.5 Å². The number of anilines is 3. The summed E-state index contributed by atoms with van der Waals surface area (Å²) in [4.78, 5) is 11.6. The monoisotopic (exact) mass is 618 g/mol. The summed E-state index contributed by atoms with van der Waals surface area (Å²) < 4.78 is 14.8. The van der Waals surface area contributed by atoms with Crippen molar-refractivity contribution in [3.05, 3.63) is 158 Å². The molecule has 6 aromatic carbocycles. The van der Waals surface area contributed by atoms with E-state index in [4.69, 9.17) is 14.1 Å². The van der Waals surface area contributed by atoms with Crippen molar-refractivity contribution in [1.29, 1.82) is 0 Å². The number of hydrogen-bond acceptors (Lipinski definition) is 5. The van der Waals surface area contributed by atoms with Crippen molar-refractivity contribution in [2.45, 2.75) is 0 Å². The van der Waals surface area contributed by atoms with Crippen molar-refractivity contribution in [2.75, 3.05) is 4.90 Å². The number of aromatic nitrogens is 3. The van der Waals surface area contributed by atoms with E-state index in [1.165, 1.54) is 21.8 Å². The second-order valence-electron chi connectivity index (χ2n) is 11.9. The molecule has 0 N–H and O–H groups in total. The van der Waals surface area contributed by atoms with Gasteiger partial charge in [0.05, 0.1) is 22.4 Å². The van der Waals surface area contributed by atoms with E-state index in [1.807, 2.05) is 48.7 Å². The van der Waals surface area contributed by atoms with E-state index in [9.17, 15) is 0 Å². The molecule has 0 aliphatic carbocycles. The van der Waals surface area contributed by atoms with E-state index in [0.29, 0.717) is 17.1 Å². The molecule has 0 saturated heterocycles. The summed E-state index contributed by atoms with van der Waals surface area (Å²) in [5, 5.41) is 2.48. The highest BCUT2D eigenvalue weighted by Gasteiger charge is 2.25. The van der Waals surface area contributed by atoms with Crippen LogP contribution in [0.3, 0.4) is 0 Å². The number of fused-ring (bicyclic) bond motifs is 6. The average Bonchev–Trinajstić information content (AvgIpc) is 3.73. The minimum absolute atomic E-state index is 0.545. The first kappa shape index (κ1) is 26.5. The zero-order valence-corrected chi connectivity index (χ0v) is 25.6. The number of pyridine rings is 1. The SMILES string of the molecule is c1ccc2c(c1)Oc1ccccc1N2c1ccc(-c2cnc3nc(-c4ccc(-n5c6ccccc6c6ccccc65)cc4)oc3c2)cc1. The second-order valence-corrected chi connectivity index (χ2v) is 11.9. The van der Waals surface area contributed by atoms with E-state index in [2.05, 4.69) is 124 Å². The van der Waals surface area contributed by atoms with Gasteiger partial charge in [0.25, 0.3) is 0 Å². The summed E-state index contributed by atoms with van der Waals surface area (Å²) in [5.41, 5.74) is 10.6. The van der Waals surface area contributed by atoms with Crippen molar-refractivity contribution < 1.29 is 9.15 Å². The van der Waals surface area contributed by atoms with Crippen molar-refractivity contribution in [1.82, 2.24) is 14.5 Å². The fourth-order valence-electron chi connectivity index (χ4n) is 6.84. The number of oxazole rings is 1. The van der Waals surface area contributed by atoms with E-state index in [1.54, 1.807) is 0 Å². The Balaban J connectivity index is 0.963. The maximum atomic E-state index is 6.28. The van der Waals surface area contributed by atoms with Crippen molar-refractivity contribution >= 4 is 50.1 Å². The van der Waals surface area contributed by atoms with Gasteiger partial charge in [-0.15, -0.1) is 0 Å². The van der Waals surface area contributed by atoms with Gasteiger partial charge in [-0.3, -0.25) is 0 Å². The van der Waals surface area contributed by atoms with Gasteiger partial charge in [-0.25, -0.2) is 4.98 Å². The molecule has 3 aromatic heterocycles. The Hall–Kier alpha value is -6.66. The van der Waals surface area contributed by atoms with Gasteiger partial charge < -0.3 is 18.6 Å². The number of rotatable bonds is 4. The summed E-state index contributed by atoms with van der Waals surface area (Å²) in [6.07, 6.45) is 1.86. The lowest BCUT2D eigenvalue weighted by Crippen LogP contribution is -2.15. The smallest absolute Gasteiger partial charge is 0.228 e. The van der Waals surface area contributed by atoms with Crippen LogP contribution in [-0.4, -0.2) is 14.5 Å². The lowest BCUT2D eigenvalue weighted by atomic mass is 10.1. The Morgan fingerprint density at radius 3 is 1.73 bits per heavy atom. The number of hydrogen-bond donors (Lipinski definition) is 0. The minimum Gasteiger partial charge on any atom is -0.453 e. The molecule has 10 rings (SSSR count). The lowest BCUT2D eigenvalue weighted by Gasteiger charge is -2.32. The van der Waals surface area contributed by atoms with Crippen LogP contribution in [0.4, 0.5) is 17.1 Å². The van der Waals surface area contributed by atoms with Crippen LogP contribution in [0.2, 0.25) is 0 Å². The third-order valence-corrected chi connectivity index (χ3v) is 9.09. The van der Waals surface area contributed by atoms with Crippen LogP contribution in [0, 0.1) is 0 Å². The zero-order chi connectivity index (χ0) is 31.6. The van der Waals surface area contributed by atoms with Crippen LogP contribution in [0.15, 0.2) is 162 Å². The molecule has 0 atom stereocenters. The average molecular weight is 619 g/mol. The molecular formula is C42H26N4O2. The molecule has 4 heterocycles. The molecule has 0 bridgehead atoms. The first-order chi connectivity index (χ1) is 23.8. The predicted molar refractivity (Wildman–Crippen MR) is 192 cm³/mol. The Morgan fingerprint density at radius 1 is 0.500 bits per heavy atom. The largest absolute Gasteiger partial charge is 0.453 e. The summed E-state index contributed by atoms with van der Waals surface area (Å²) >= 11 is 0. The highest BCUT2D eigenvalue weighted by molar-refractivity contribution is 6.09. The van der Waals surface area contributed by atoms with Crippen LogP contribution < -0.4 is 9.64 Å². The third-order valence-electron chi connectivity index (χ3n) is 9.09. The van der Waals surface area contributed by atoms with E-state index >= 15 is 0 Å². The first-order valence-electron chi connectivity index (χ1n) is 15.9. The van der Waals surface area contributed by atoms with Gasteiger partial charge in [0.2, 0.25) is 5.89 Å². The van der Waals surface area contributed by atoms with E-state index < -0.39 is 0 Å². The summed E-state index contributed by atoms with van der Waals surface area (Å²) in [6.45, 7) is 0. The molecule has 1 aliphatic heterocycles. The maximum Gasteiger partial charge on any atom is 0.228 e. The Morgan fingerprint density at radius 2 is 1.06 bits per heavy atom. The van der Waals surface area contributed by atoms with Gasteiger partial charge in [0.15, 0.2) is 22.7 Å². The van der Waals surface area contributed by atoms with Gasteiger partial charge in [0.1, 0.15) is 0 Å². The van der Waals surface area contributed by atoms with Crippen LogP contribution >= 0.6 is 0 Å². The minimum atomic E-state index is 0.545. The number of nitrogens with zero attached hydrogens (tertiary/aromatic N) is 4. The second kappa shape index (κ2) is 10.4. The van der Waals surface area contributed by atoms with Gasteiger partial charge in [-0.1, -0.05) is 72.8 Å². The molecule has 0 amide bonds. The fourth-order valence-corrected chi connectivity index (χ4v) is 6.84. The first-order valence-corrected chi connectivity index (χ1v) is 15.9. The van der Waals surface area contributed by atoms with Gasteiger partial charge in [-0.2, -0.15) is 4.98 Å². The molecule has 6 heteroatoms. The lowest BCUT2D eigenvalue weighted by molar-refractivity contribution is 0.477. The fraction of sp³-hybridized carbons (Fsp3) is 0. The molecule has 0 spiro atoms. The van der Waals surface area contributed by atoms with Gasteiger partial charge >= 0.3 is 0 Å². The van der Waals surface area contributed by atoms with Crippen molar-refractivity contribution in [3.8, 4) is 39.8 Å². The zero-order valence-electron chi connectivity index (χ0n) is 25.6. The van der Waals surface area contributed by atoms with Crippen molar-refractivity contribution in [3.63, 3.8) is 0 Å². The summed E-state index contributed by atoms with van der Waals surface area (Å²) in [5.74, 6) is 2.21. The number of ether oxygens (including phenoxy) is 1. The van der Waals surface area contributed by atoms with Gasteiger partial charge in [-0.05, 0) is 84.4 Å². The normalized spacial score (nSPS) is 12.3. The Kier molecular flexibility index (Phi) is 5.77. The Labute approximate surface area is 275 Å². The number of benzene rings is 6. The molecule has 0 radical (unpaired) electrons. The summed E-state index contributed by atoms with van der Waals surface area (Å²) in [6, 6.07) is 52.1. The van der Waals surface area contributed by atoms with Crippen LogP contribution in [0.25, 0.3) is 61.3 Å². The molecule has 9 aromatic rings. The number of para-hydroxylation sites is 6. The van der Waals surface area contributed by atoms with E-state index in [-0.39, 0.29) is 0 Å². The predicted octanol–water partition coefficient (Wildman–Crippen LogP) is 11.2. The summed E-state index contributed by atoms with van der Waals surface area (Å²) in [7, 11) is 0. The molecule has 6 nitrogen and oxygen atoms in total. The standard InChI is InChI=1S/C42H26N4O2/c1-3-11-34-32(9-1)33-10-2-4-12-35(33)45(34)30-23-19-28(20-24-30)42-44-41-40(48-42)25-29(26-43-41)27-17-21-31(22-18-27)46-36-13-5-7-15-38(36)47-39-16-8-6-14-37(39)46/h1-26H. The van der Waals surface area contributed by atoms with Crippen molar-refractivity contribution in [2.24, 2.45) is 0 Å². The topological polar surface area (TPSA) is 56.3 Å². The van der Waals surface area contributed by atoms with E-state index in [0.717, 1.165) is 50.9 Å². The molecule has 48 heavy (non-hydrogen) atoms. The highest BCUT2D eigenvalue weighted by Crippen LogP contribution is 2.50. The molecule has 1 aliphatic rings. The van der Waals surface area contributed by atoms with Crippen LogP contribution in [-0.2, 0) is 0 Å². The third kappa shape index (κ3) is 4.13. The quantitative estimate of drug-likeness (QED) is 0.196. The van der Waals surface area contributed by atoms with Gasteiger partial charge in [0, 0.05) is 39.5 Å². The Bertz CT molecular complexity index is 2550. The molecular weight excluding hydrogens is 592 g/mol. The highest BCUT2D eigenvalue weighted by atomic mass is 16.5. The molecule has 0 fully saturated rings. The maximum absolute atomic E-state index is 6.28. The molecule has 226 valence electrons. The van der Waals surface area contributed by atoms with Crippen LogP contribution in [0.1, 0.15) is 0 Å². The molecule has 0 unspecified atom stereocenters. The molecule has 0 saturated carbocycles.